The van der Waals surface area contributed by atoms with Crippen LogP contribution in [-0.4, -0.2) is 20.9 Å². The molecular formula is C20H21BrN2O3S. The van der Waals surface area contributed by atoms with Gasteiger partial charge in [0.2, 0.25) is 15.9 Å². The second-order valence-corrected chi connectivity index (χ2v) is 9.31. The second-order valence-electron chi connectivity index (χ2n) is 6.59. The molecule has 5 nitrogen and oxygen atoms in total. The van der Waals surface area contributed by atoms with Crippen LogP contribution in [0.15, 0.2) is 65.7 Å². The third-order valence-corrected chi connectivity index (χ3v) is 6.24. The zero-order valence-corrected chi connectivity index (χ0v) is 17.1. The Labute approximate surface area is 168 Å². The van der Waals surface area contributed by atoms with Gasteiger partial charge >= 0.3 is 0 Å². The van der Waals surface area contributed by atoms with Crippen LogP contribution >= 0.6 is 15.9 Å². The Morgan fingerprint density at radius 3 is 2.63 bits per heavy atom. The number of carbonyl (C=O) groups is 1. The van der Waals surface area contributed by atoms with Crippen molar-refractivity contribution in [1.82, 2.24) is 4.72 Å². The van der Waals surface area contributed by atoms with Crippen LogP contribution in [0.25, 0.3) is 0 Å². The molecule has 0 spiro atoms. The molecule has 2 aromatic carbocycles. The fraction of sp³-hybridized carbons (Fsp3) is 0.250. The van der Waals surface area contributed by atoms with Gasteiger partial charge in [-0.3, -0.25) is 4.79 Å². The molecule has 1 aliphatic carbocycles. The Morgan fingerprint density at radius 1 is 1.22 bits per heavy atom. The van der Waals surface area contributed by atoms with Gasteiger partial charge in [0, 0.05) is 22.6 Å². The van der Waals surface area contributed by atoms with E-state index in [0.717, 1.165) is 16.5 Å². The standard InChI is InChI=1S/C20H21BrN2O3S/c1-2-10-22-27(25,26)13-14-6-8-17(9-7-14)23-20(24)19-12-18(19)15-4-3-5-16(21)11-15/h2-9,11,18-19,22H,1,10,12-13H2,(H,23,24). The van der Waals surface area contributed by atoms with Gasteiger partial charge in [0.1, 0.15) is 0 Å². The number of hydrogen-bond acceptors (Lipinski definition) is 3. The minimum atomic E-state index is -3.39. The Kier molecular flexibility index (Phi) is 6.14. The highest BCUT2D eigenvalue weighted by molar-refractivity contribution is 9.10. The third-order valence-electron chi connectivity index (χ3n) is 4.43. The summed E-state index contributed by atoms with van der Waals surface area (Å²) in [5, 5.41) is 2.91. The number of hydrogen-bond donors (Lipinski definition) is 2. The number of rotatable bonds is 8. The van der Waals surface area contributed by atoms with Crippen molar-refractivity contribution in [3.63, 3.8) is 0 Å². The Balaban J connectivity index is 1.56. The van der Waals surface area contributed by atoms with Gasteiger partial charge in [-0.15, -0.1) is 6.58 Å². The number of sulfonamides is 1. The van der Waals surface area contributed by atoms with Crippen molar-refractivity contribution >= 4 is 37.5 Å². The van der Waals surface area contributed by atoms with Gasteiger partial charge < -0.3 is 5.32 Å². The summed E-state index contributed by atoms with van der Waals surface area (Å²) in [6.45, 7) is 3.69. The van der Waals surface area contributed by atoms with E-state index in [1.165, 1.54) is 6.08 Å². The lowest BCUT2D eigenvalue weighted by molar-refractivity contribution is -0.117. The summed E-state index contributed by atoms with van der Waals surface area (Å²) in [4.78, 5) is 12.4. The SMILES string of the molecule is C=CCNS(=O)(=O)Cc1ccc(NC(=O)C2CC2c2cccc(Br)c2)cc1. The molecule has 2 N–H and O–H groups in total. The van der Waals surface area contributed by atoms with Crippen molar-refractivity contribution in [2.24, 2.45) is 5.92 Å². The van der Waals surface area contributed by atoms with Crippen LogP contribution in [0.1, 0.15) is 23.5 Å². The van der Waals surface area contributed by atoms with E-state index >= 15 is 0 Å². The first kappa shape index (κ1) is 19.8. The van der Waals surface area contributed by atoms with Gasteiger partial charge in [0.25, 0.3) is 0 Å². The van der Waals surface area contributed by atoms with E-state index < -0.39 is 10.0 Å². The van der Waals surface area contributed by atoms with E-state index in [2.05, 4.69) is 32.5 Å². The van der Waals surface area contributed by atoms with Crippen LogP contribution in [0.4, 0.5) is 5.69 Å². The molecule has 0 heterocycles. The van der Waals surface area contributed by atoms with Gasteiger partial charge in [-0.1, -0.05) is 46.3 Å². The molecule has 1 fully saturated rings. The number of carbonyl (C=O) groups excluding carboxylic acids is 1. The highest BCUT2D eigenvalue weighted by Crippen LogP contribution is 2.48. The van der Waals surface area contributed by atoms with Crippen molar-refractivity contribution in [3.05, 3.63) is 76.8 Å². The fourth-order valence-corrected chi connectivity index (χ4v) is 4.49. The molecular weight excluding hydrogens is 428 g/mol. The first-order chi connectivity index (χ1) is 12.9. The molecule has 1 aliphatic rings. The van der Waals surface area contributed by atoms with Crippen LogP contribution in [0.2, 0.25) is 0 Å². The predicted molar refractivity (Wildman–Crippen MR) is 111 cm³/mol. The number of nitrogens with one attached hydrogen (secondary N) is 2. The molecule has 1 saturated carbocycles. The summed E-state index contributed by atoms with van der Waals surface area (Å²) >= 11 is 3.46. The first-order valence-electron chi connectivity index (χ1n) is 8.61. The first-order valence-corrected chi connectivity index (χ1v) is 11.1. The average molecular weight is 449 g/mol. The van der Waals surface area contributed by atoms with E-state index in [1.807, 2.05) is 24.3 Å². The predicted octanol–water partition coefficient (Wildman–Crippen LogP) is 3.80. The van der Waals surface area contributed by atoms with Crippen molar-refractivity contribution in [1.29, 1.82) is 0 Å². The number of amides is 1. The topological polar surface area (TPSA) is 75.3 Å². The van der Waals surface area contributed by atoms with E-state index in [-0.39, 0.29) is 30.0 Å². The maximum atomic E-state index is 12.4. The molecule has 2 aromatic rings. The van der Waals surface area contributed by atoms with Gasteiger partial charge in [-0.2, -0.15) is 0 Å². The van der Waals surface area contributed by atoms with Crippen LogP contribution in [0, 0.1) is 5.92 Å². The van der Waals surface area contributed by atoms with Gasteiger partial charge in [-0.25, -0.2) is 13.1 Å². The van der Waals surface area contributed by atoms with Crippen LogP contribution in [-0.2, 0) is 20.6 Å². The highest BCUT2D eigenvalue weighted by Gasteiger charge is 2.43. The molecule has 3 rings (SSSR count). The average Bonchev–Trinajstić information content (AvgIpc) is 3.42. The minimum Gasteiger partial charge on any atom is -0.326 e. The van der Waals surface area contributed by atoms with Crippen molar-refractivity contribution in [2.45, 2.75) is 18.1 Å². The molecule has 0 aliphatic heterocycles. The van der Waals surface area contributed by atoms with Gasteiger partial charge in [0.05, 0.1) is 5.75 Å². The van der Waals surface area contributed by atoms with Crippen LogP contribution in [0.5, 0.6) is 0 Å². The molecule has 0 aromatic heterocycles. The Bertz CT molecular complexity index is 942. The summed E-state index contributed by atoms with van der Waals surface area (Å²) in [7, 11) is -3.39. The molecule has 0 radical (unpaired) electrons. The third kappa shape index (κ3) is 5.51. The lowest BCUT2D eigenvalue weighted by Gasteiger charge is -2.08. The molecule has 142 valence electrons. The summed E-state index contributed by atoms with van der Waals surface area (Å²) in [5.74, 6) is 0.112. The minimum absolute atomic E-state index is 0.00648. The largest absolute Gasteiger partial charge is 0.326 e. The highest BCUT2D eigenvalue weighted by atomic mass is 79.9. The zero-order chi connectivity index (χ0) is 19.4. The normalized spacial score (nSPS) is 18.7. The van der Waals surface area contributed by atoms with E-state index in [0.29, 0.717) is 11.3 Å². The van der Waals surface area contributed by atoms with Crippen molar-refractivity contribution in [3.8, 4) is 0 Å². The van der Waals surface area contributed by atoms with Gasteiger partial charge in [0.15, 0.2) is 0 Å². The second kappa shape index (κ2) is 8.37. The lowest BCUT2D eigenvalue weighted by atomic mass is 10.1. The summed E-state index contributed by atoms with van der Waals surface area (Å²) in [6.07, 6.45) is 2.34. The van der Waals surface area contributed by atoms with E-state index in [9.17, 15) is 13.2 Å². The monoisotopic (exact) mass is 448 g/mol. The summed E-state index contributed by atoms with van der Waals surface area (Å²) in [6, 6.07) is 14.9. The molecule has 0 bridgehead atoms. The van der Waals surface area contributed by atoms with E-state index in [1.54, 1.807) is 24.3 Å². The Morgan fingerprint density at radius 2 is 1.96 bits per heavy atom. The molecule has 2 atom stereocenters. The lowest BCUT2D eigenvalue weighted by Crippen LogP contribution is -2.25. The fourth-order valence-electron chi connectivity index (χ4n) is 2.97. The number of anilines is 1. The zero-order valence-electron chi connectivity index (χ0n) is 14.7. The van der Waals surface area contributed by atoms with Crippen molar-refractivity contribution in [2.75, 3.05) is 11.9 Å². The van der Waals surface area contributed by atoms with Gasteiger partial charge in [-0.05, 0) is 47.7 Å². The molecule has 2 unspecified atom stereocenters. The van der Waals surface area contributed by atoms with Crippen LogP contribution < -0.4 is 10.0 Å². The van der Waals surface area contributed by atoms with E-state index in [4.69, 9.17) is 0 Å². The Hall–Kier alpha value is -1.96. The number of benzene rings is 2. The van der Waals surface area contributed by atoms with Crippen molar-refractivity contribution < 1.29 is 13.2 Å². The molecule has 1 amide bonds. The maximum Gasteiger partial charge on any atom is 0.228 e. The summed E-state index contributed by atoms with van der Waals surface area (Å²) < 4.78 is 27.2. The number of halogens is 1. The summed E-state index contributed by atoms with van der Waals surface area (Å²) in [5.41, 5.74) is 2.49. The molecule has 7 heteroatoms. The van der Waals surface area contributed by atoms with Crippen LogP contribution in [0.3, 0.4) is 0 Å². The smallest absolute Gasteiger partial charge is 0.228 e. The molecule has 0 saturated heterocycles. The maximum absolute atomic E-state index is 12.4. The molecule has 27 heavy (non-hydrogen) atoms. The quantitative estimate of drug-likeness (QED) is 0.603.